The van der Waals surface area contributed by atoms with E-state index in [0.29, 0.717) is 11.3 Å². The van der Waals surface area contributed by atoms with Crippen molar-refractivity contribution in [1.29, 1.82) is 0 Å². The monoisotopic (exact) mass is 408 g/mol. The number of anilines is 1. The van der Waals surface area contributed by atoms with Crippen LogP contribution >= 0.6 is 11.6 Å². The van der Waals surface area contributed by atoms with Crippen LogP contribution in [0, 0.1) is 20.8 Å². The maximum absolute atomic E-state index is 12.7. The van der Waals surface area contributed by atoms with Gasteiger partial charge in [-0.05, 0) is 68.1 Å². The summed E-state index contributed by atoms with van der Waals surface area (Å²) in [5.74, 6) is -0.307. The van der Waals surface area contributed by atoms with Crippen LogP contribution in [0.3, 0.4) is 0 Å². The number of aryl methyl sites for hydroxylation is 3. The van der Waals surface area contributed by atoms with Gasteiger partial charge in [-0.2, -0.15) is 0 Å². The summed E-state index contributed by atoms with van der Waals surface area (Å²) in [5.41, 5.74) is 5.25. The molecule has 0 aromatic heterocycles. The Labute approximate surface area is 166 Å². The molecule has 0 heterocycles. The van der Waals surface area contributed by atoms with Gasteiger partial charge in [0.15, 0.2) is 0 Å². The third-order valence-corrected chi connectivity index (χ3v) is 6.27. The molecule has 0 aliphatic rings. The van der Waals surface area contributed by atoms with E-state index in [1.807, 2.05) is 20.8 Å². The Kier molecular flexibility index (Phi) is 6.22. The number of sulfonamides is 1. The Morgan fingerprint density at radius 2 is 1.67 bits per heavy atom. The molecule has 0 radical (unpaired) electrons. The van der Waals surface area contributed by atoms with Gasteiger partial charge in [0.25, 0.3) is 5.91 Å². The average Bonchev–Trinajstić information content (AvgIpc) is 2.56. The maximum atomic E-state index is 12.7. The average molecular weight is 409 g/mol. The van der Waals surface area contributed by atoms with Gasteiger partial charge < -0.3 is 5.32 Å². The SMILES string of the molecule is Cc1cc(C)c([C@@H](C)NC(=O)c2ccc(N(C)S(C)(=O)=O)cc2Cl)cc1C. The van der Waals surface area contributed by atoms with Gasteiger partial charge in [0, 0.05) is 7.05 Å². The van der Waals surface area contributed by atoms with Gasteiger partial charge in [-0.25, -0.2) is 8.42 Å². The molecule has 27 heavy (non-hydrogen) atoms. The van der Waals surface area contributed by atoms with Crippen LogP contribution < -0.4 is 9.62 Å². The highest BCUT2D eigenvalue weighted by molar-refractivity contribution is 7.92. The van der Waals surface area contributed by atoms with Gasteiger partial charge >= 0.3 is 0 Å². The summed E-state index contributed by atoms with van der Waals surface area (Å²) in [6, 6.07) is 8.58. The van der Waals surface area contributed by atoms with Crippen molar-refractivity contribution >= 4 is 33.2 Å². The van der Waals surface area contributed by atoms with E-state index in [1.54, 1.807) is 6.07 Å². The Bertz CT molecular complexity index is 987. The summed E-state index contributed by atoms with van der Waals surface area (Å²) in [6.45, 7) is 8.05. The molecule has 0 bridgehead atoms. The van der Waals surface area contributed by atoms with Crippen molar-refractivity contribution in [2.45, 2.75) is 33.7 Å². The molecule has 1 amide bonds. The van der Waals surface area contributed by atoms with E-state index >= 15 is 0 Å². The fourth-order valence-corrected chi connectivity index (χ4v) is 3.63. The van der Waals surface area contributed by atoms with E-state index in [9.17, 15) is 13.2 Å². The predicted octanol–water partition coefficient (Wildman–Crippen LogP) is 4.15. The molecule has 1 N–H and O–H groups in total. The largest absolute Gasteiger partial charge is 0.345 e. The third kappa shape index (κ3) is 4.82. The third-order valence-electron chi connectivity index (χ3n) is 4.75. The second-order valence-electron chi connectivity index (χ2n) is 6.88. The number of nitrogens with one attached hydrogen (secondary N) is 1. The molecule has 0 saturated carbocycles. The summed E-state index contributed by atoms with van der Waals surface area (Å²) in [4.78, 5) is 12.7. The van der Waals surface area contributed by atoms with Gasteiger partial charge in [0.1, 0.15) is 0 Å². The number of amides is 1. The lowest BCUT2D eigenvalue weighted by Gasteiger charge is -2.20. The van der Waals surface area contributed by atoms with Gasteiger partial charge in [0.05, 0.1) is 28.6 Å². The van der Waals surface area contributed by atoms with Crippen LogP contribution in [0.2, 0.25) is 5.02 Å². The summed E-state index contributed by atoms with van der Waals surface area (Å²) < 4.78 is 24.4. The Hall–Kier alpha value is -2.05. The van der Waals surface area contributed by atoms with E-state index < -0.39 is 10.0 Å². The molecule has 0 unspecified atom stereocenters. The molecule has 0 aliphatic heterocycles. The van der Waals surface area contributed by atoms with Crippen LogP contribution in [0.15, 0.2) is 30.3 Å². The van der Waals surface area contributed by atoms with Crippen molar-refractivity contribution in [1.82, 2.24) is 5.32 Å². The van der Waals surface area contributed by atoms with Crippen molar-refractivity contribution in [3.63, 3.8) is 0 Å². The van der Waals surface area contributed by atoms with E-state index in [0.717, 1.165) is 21.7 Å². The van der Waals surface area contributed by atoms with Crippen molar-refractivity contribution in [3.8, 4) is 0 Å². The number of hydrogen-bond acceptors (Lipinski definition) is 3. The van der Waals surface area contributed by atoms with Gasteiger partial charge in [-0.1, -0.05) is 23.7 Å². The van der Waals surface area contributed by atoms with Crippen molar-refractivity contribution in [3.05, 3.63) is 63.2 Å². The van der Waals surface area contributed by atoms with Crippen molar-refractivity contribution in [2.75, 3.05) is 17.6 Å². The molecule has 0 aliphatic carbocycles. The first-order chi connectivity index (χ1) is 12.4. The minimum atomic E-state index is -3.40. The van der Waals surface area contributed by atoms with E-state index in [4.69, 9.17) is 11.6 Å². The van der Waals surface area contributed by atoms with E-state index in [1.165, 1.54) is 30.3 Å². The molecule has 2 aromatic carbocycles. The zero-order valence-electron chi connectivity index (χ0n) is 16.4. The number of rotatable bonds is 5. The van der Waals surface area contributed by atoms with Crippen LogP contribution in [0.25, 0.3) is 0 Å². The van der Waals surface area contributed by atoms with Crippen LogP contribution in [0.4, 0.5) is 5.69 Å². The number of benzene rings is 2. The highest BCUT2D eigenvalue weighted by Crippen LogP contribution is 2.26. The Morgan fingerprint density at radius 3 is 2.22 bits per heavy atom. The lowest BCUT2D eigenvalue weighted by atomic mass is 9.96. The first-order valence-corrected chi connectivity index (χ1v) is 10.8. The molecular weight excluding hydrogens is 384 g/mol. The molecule has 0 saturated heterocycles. The standard InChI is InChI=1S/C20H25ClN2O3S/c1-12-9-14(3)18(10-13(12)2)15(4)22-20(24)17-8-7-16(11-19(17)21)23(5)27(6,25)26/h7-11,15H,1-6H3,(H,22,24)/t15-/m1/s1. The molecule has 146 valence electrons. The zero-order valence-corrected chi connectivity index (χ0v) is 18.0. The number of carbonyl (C=O) groups is 1. The Balaban J connectivity index is 2.25. The normalized spacial score (nSPS) is 12.6. The van der Waals surface area contributed by atoms with Crippen LogP contribution in [0.5, 0.6) is 0 Å². The minimum Gasteiger partial charge on any atom is -0.345 e. The first-order valence-electron chi connectivity index (χ1n) is 8.54. The second-order valence-corrected chi connectivity index (χ2v) is 9.30. The quantitative estimate of drug-likeness (QED) is 0.807. The van der Waals surface area contributed by atoms with Crippen LogP contribution in [-0.4, -0.2) is 27.6 Å². The van der Waals surface area contributed by atoms with Gasteiger partial charge in [-0.3, -0.25) is 9.10 Å². The van der Waals surface area contributed by atoms with Crippen molar-refractivity contribution < 1.29 is 13.2 Å². The fourth-order valence-electron chi connectivity index (χ4n) is 2.88. The number of carbonyl (C=O) groups excluding carboxylic acids is 1. The van der Waals surface area contributed by atoms with Gasteiger partial charge in [0.2, 0.25) is 10.0 Å². The van der Waals surface area contributed by atoms with Crippen LogP contribution in [0.1, 0.15) is 45.6 Å². The smallest absolute Gasteiger partial charge is 0.253 e. The molecule has 2 rings (SSSR count). The lowest BCUT2D eigenvalue weighted by molar-refractivity contribution is 0.0940. The topological polar surface area (TPSA) is 66.5 Å². The number of halogens is 1. The molecule has 7 heteroatoms. The summed E-state index contributed by atoms with van der Waals surface area (Å²) >= 11 is 6.24. The predicted molar refractivity (Wildman–Crippen MR) is 111 cm³/mol. The lowest BCUT2D eigenvalue weighted by Crippen LogP contribution is -2.28. The first kappa shape index (κ1) is 21.3. The number of nitrogens with zero attached hydrogens (tertiary/aromatic N) is 1. The molecule has 0 spiro atoms. The second kappa shape index (κ2) is 7.90. The van der Waals surface area contributed by atoms with Crippen LogP contribution in [-0.2, 0) is 10.0 Å². The molecular formula is C20H25ClN2O3S. The minimum absolute atomic E-state index is 0.189. The molecule has 5 nitrogen and oxygen atoms in total. The summed E-state index contributed by atoms with van der Waals surface area (Å²) in [6.07, 6.45) is 1.11. The molecule has 2 aromatic rings. The van der Waals surface area contributed by atoms with E-state index in [-0.39, 0.29) is 17.0 Å². The maximum Gasteiger partial charge on any atom is 0.253 e. The summed E-state index contributed by atoms with van der Waals surface area (Å²) in [7, 11) is -1.96. The fraction of sp³-hybridized carbons (Fsp3) is 0.350. The number of hydrogen-bond donors (Lipinski definition) is 1. The summed E-state index contributed by atoms with van der Waals surface area (Å²) in [5, 5.41) is 3.16. The highest BCUT2D eigenvalue weighted by Gasteiger charge is 2.18. The zero-order chi connectivity index (χ0) is 20.5. The molecule has 0 fully saturated rings. The Morgan fingerprint density at radius 1 is 1.07 bits per heavy atom. The van der Waals surface area contributed by atoms with E-state index in [2.05, 4.69) is 24.4 Å². The molecule has 1 atom stereocenters. The van der Waals surface area contributed by atoms with Gasteiger partial charge in [-0.15, -0.1) is 0 Å². The van der Waals surface area contributed by atoms with Crippen molar-refractivity contribution in [2.24, 2.45) is 0 Å². The highest BCUT2D eigenvalue weighted by atomic mass is 35.5.